The minimum absolute atomic E-state index is 0.293. The van der Waals surface area contributed by atoms with Crippen molar-refractivity contribution in [2.24, 2.45) is 0 Å². The molecule has 0 saturated heterocycles. The smallest absolute Gasteiger partial charge is 0.324 e. The van der Waals surface area contributed by atoms with Crippen LogP contribution >= 0.6 is 7.60 Å². The molecular formula is C6H15O3P. The molecule has 4 heteroatoms. The topological polar surface area (TPSA) is 46.5 Å². The van der Waals surface area contributed by atoms with Gasteiger partial charge in [0.15, 0.2) is 0 Å². The van der Waals surface area contributed by atoms with E-state index >= 15 is 0 Å². The SMILES string of the molecule is CCCOP(=O)(O)C(C)C. The summed E-state index contributed by atoms with van der Waals surface area (Å²) in [5.41, 5.74) is -0.293. The summed E-state index contributed by atoms with van der Waals surface area (Å²) in [6, 6.07) is 0. The van der Waals surface area contributed by atoms with Gasteiger partial charge >= 0.3 is 7.60 Å². The van der Waals surface area contributed by atoms with E-state index in [-0.39, 0.29) is 5.66 Å². The number of rotatable bonds is 4. The fourth-order valence-corrected chi connectivity index (χ4v) is 1.11. The van der Waals surface area contributed by atoms with Gasteiger partial charge in [0, 0.05) is 0 Å². The Labute approximate surface area is 61.9 Å². The molecule has 0 aromatic rings. The van der Waals surface area contributed by atoms with Crippen LogP contribution in [0.2, 0.25) is 0 Å². The molecule has 1 unspecified atom stereocenters. The molecule has 0 amide bonds. The van der Waals surface area contributed by atoms with Gasteiger partial charge in [0.25, 0.3) is 0 Å². The van der Waals surface area contributed by atoms with Gasteiger partial charge in [-0.05, 0) is 6.42 Å². The van der Waals surface area contributed by atoms with Gasteiger partial charge in [-0.25, -0.2) is 0 Å². The Morgan fingerprint density at radius 3 is 2.40 bits per heavy atom. The first-order valence-electron chi connectivity index (χ1n) is 3.47. The average molecular weight is 166 g/mol. The van der Waals surface area contributed by atoms with Gasteiger partial charge in [-0.3, -0.25) is 4.57 Å². The van der Waals surface area contributed by atoms with E-state index in [1.54, 1.807) is 13.8 Å². The van der Waals surface area contributed by atoms with Crippen LogP contribution < -0.4 is 0 Å². The first kappa shape index (κ1) is 10.2. The normalized spacial score (nSPS) is 17.3. The summed E-state index contributed by atoms with van der Waals surface area (Å²) in [5, 5.41) is 0. The quantitative estimate of drug-likeness (QED) is 0.650. The molecule has 3 nitrogen and oxygen atoms in total. The van der Waals surface area contributed by atoms with Crippen molar-refractivity contribution in [2.75, 3.05) is 6.61 Å². The maximum Gasteiger partial charge on any atom is 0.330 e. The first-order valence-corrected chi connectivity index (χ1v) is 5.12. The molecule has 1 atom stereocenters. The zero-order valence-electron chi connectivity index (χ0n) is 6.70. The Kier molecular flexibility index (Phi) is 4.18. The van der Waals surface area contributed by atoms with Crippen LogP contribution in [0.25, 0.3) is 0 Å². The zero-order valence-corrected chi connectivity index (χ0v) is 7.60. The van der Waals surface area contributed by atoms with Crippen molar-refractivity contribution in [3.8, 4) is 0 Å². The molecule has 62 valence electrons. The van der Waals surface area contributed by atoms with E-state index in [2.05, 4.69) is 0 Å². The van der Waals surface area contributed by atoms with Crippen LogP contribution in [-0.2, 0) is 9.09 Å². The minimum Gasteiger partial charge on any atom is -0.324 e. The van der Waals surface area contributed by atoms with Crippen LogP contribution in [0.3, 0.4) is 0 Å². The maximum atomic E-state index is 11.0. The zero-order chi connectivity index (χ0) is 8.20. The summed E-state index contributed by atoms with van der Waals surface area (Å²) in [6.07, 6.45) is 0.775. The summed E-state index contributed by atoms with van der Waals surface area (Å²) in [5.74, 6) is 0. The van der Waals surface area contributed by atoms with Crippen LogP contribution in [0.1, 0.15) is 27.2 Å². The van der Waals surface area contributed by atoms with Gasteiger partial charge in [0.2, 0.25) is 0 Å². The summed E-state index contributed by atoms with van der Waals surface area (Å²) >= 11 is 0. The van der Waals surface area contributed by atoms with E-state index in [1.807, 2.05) is 6.92 Å². The van der Waals surface area contributed by atoms with Crippen molar-refractivity contribution >= 4 is 7.60 Å². The molecule has 0 bridgehead atoms. The van der Waals surface area contributed by atoms with Gasteiger partial charge in [0.1, 0.15) is 0 Å². The molecule has 0 rings (SSSR count). The molecule has 0 aromatic heterocycles. The lowest BCUT2D eigenvalue weighted by molar-refractivity contribution is 0.254. The van der Waals surface area contributed by atoms with E-state index < -0.39 is 7.60 Å². The van der Waals surface area contributed by atoms with Crippen molar-refractivity contribution in [3.63, 3.8) is 0 Å². The van der Waals surface area contributed by atoms with Crippen LogP contribution in [0.5, 0.6) is 0 Å². The monoisotopic (exact) mass is 166 g/mol. The summed E-state index contributed by atoms with van der Waals surface area (Å²) in [7, 11) is -3.28. The molecule has 0 aliphatic heterocycles. The molecule has 1 N–H and O–H groups in total. The first-order chi connectivity index (χ1) is 4.50. The molecule has 0 heterocycles. The Balaban J connectivity index is 3.76. The molecule has 0 aliphatic rings. The van der Waals surface area contributed by atoms with Gasteiger partial charge in [-0.1, -0.05) is 20.8 Å². The third-order valence-electron chi connectivity index (χ3n) is 1.13. The summed E-state index contributed by atoms with van der Waals surface area (Å²) in [6.45, 7) is 5.62. The summed E-state index contributed by atoms with van der Waals surface area (Å²) < 4.78 is 15.8. The Morgan fingerprint density at radius 2 is 2.10 bits per heavy atom. The second kappa shape index (κ2) is 4.12. The lowest BCUT2D eigenvalue weighted by atomic mass is 10.5. The molecular weight excluding hydrogens is 151 g/mol. The highest BCUT2D eigenvalue weighted by Gasteiger charge is 2.23. The molecule has 0 aliphatic carbocycles. The minimum atomic E-state index is -3.28. The second-order valence-corrected chi connectivity index (χ2v) is 4.91. The number of hydrogen-bond donors (Lipinski definition) is 1. The van der Waals surface area contributed by atoms with E-state index in [1.165, 1.54) is 0 Å². The lowest BCUT2D eigenvalue weighted by Gasteiger charge is -2.14. The highest BCUT2D eigenvalue weighted by atomic mass is 31.2. The van der Waals surface area contributed by atoms with E-state index in [0.29, 0.717) is 6.61 Å². The molecule has 0 saturated carbocycles. The highest BCUT2D eigenvalue weighted by molar-refractivity contribution is 7.53. The average Bonchev–Trinajstić information content (AvgIpc) is 1.84. The van der Waals surface area contributed by atoms with E-state index in [0.717, 1.165) is 6.42 Å². The Hall–Kier alpha value is 0.150. The maximum absolute atomic E-state index is 11.0. The van der Waals surface area contributed by atoms with Crippen molar-refractivity contribution in [2.45, 2.75) is 32.9 Å². The second-order valence-electron chi connectivity index (χ2n) is 2.49. The fourth-order valence-electron chi connectivity index (χ4n) is 0.371. The highest BCUT2D eigenvalue weighted by Crippen LogP contribution is 2.46. The van der Waals surface area contributed by atoms with Crippen LogP contribution in [0.4, 0.5) is 0 Å². The standard InChI is InChI=1S/C6H15O3P/c1-4-5-9-10(7,8)6(2)3/h6H,4-5H2,1-3H3,(H,7,8). The van der Waals surface area contributed by atoms with E-state index in [4.69, 9.17) is 9.42 Å². The van der Waals surface area contributed by atoms with Crippen LogP contribution in [-0.4, -0.2) is 17.2 Å². The van der Waals surface area contributed by atoms with Gasteiger partial charge in [0.05, 0.1) is 12.3 Å². The predicted octanol–water partition coefficient (Wildman–Crippen LogP) is 2.01. The molecule has 0 aromatic carbocycles. The summed E-state index contributed by atoms with van der Waals surface area (Å²) in [4.78, 5) is 9.06. The van der Waals surface area contributed by atoms with Crippen molar-refractivity contribution in [3.05, 3.63) is 0 Å². The third-order valence-corrected chi connectivity index (χ3v) is 2.99. The van der Waals surface area contributed by atoms with Crippen molar-refractivity contribution in [1.29, 1.82) is 0 Å². The fraction of sp³-hybridized carbons (Fsp3) is 1.00. The molecule has 10 heavy (non-hydrogen) atoms. The van der Waals surface area contributed by atoms with Gasteiger partial charge < -0.3 is 9.42 Å². The largest absolute Gasteiger partial charge is 0.330 e. The predicted molar refractivity (Wildman–Crippen MR) is 41.2 cm³/mol. The van der Waals surface area contributed by atoms with Crippen LogP contribution in [0, 0.1) is 0 Å². The molecule has 0 fully saturated rings. The van der Waals surface area contributed by atoms with Gasteiger partial charge in [-0.15, -0.1) is 0 Å². The van der Waals surface area contributed by atoms with E-state index in [9.17, 15) is 4.57 Å². The number of hydrogen-bond acceptors (Lipinski definition) is 2. The van der Waals surface area contributed by atoms with Crippen molar-refractivity contribution < 1.29 is 14.0 Å². The Morgan fingerprint density at radius 1 is 1.60 bits per heavy atom. The Bertz CT molecular complexity index is 133. The van der Waals surface area contributed by atoms with Crippen molar-refractivity contribution in [1.82, 2.24) is 0 Å². The molecule has 0 spiro atoms. The molecule has 0 radical (unpaired) electrons. The third kappa shape index (κ3) is 3.35. The van der Waals surface area contributed by atoms with Gasteiger partial charge in [-0.2, -0.15) is 0 Å². The van der Waals surface area contributed by atoms with Crippen LogP contribution in [0.15, 0.2) is 0 Å². The lowest BCUT2D eigenvalue weighted by Crippen LogP contribution is -2.01.